The Labute approximate surface area is 119 Å². The van der Waals surface area contributed by atoms with Crippen LogP contribution in [0.15, 0.2) is 30.5 Å². The molecule has 1 saturated heterocycles. The van der Waals surface area contributed by atoms with E-state index >= 15 is 0 Å². The lowest BCUT2D eigenvalue weighted by molar-refractivity contribution is 0.0661. The molecule has 1 amide bonds. The number of para-hydroxylation sites is 1. The number of hydrogen-bond donors (Lipinski definition) is 1. The summed E-state index contributed by atoms with van der Waals surface area (Å²) in [7, 11) is 4.07. The Kier molecular flexibility index (Phi) is 3.49. The van der Waals surface area contributed by atoms with E-state index < -0.39 is 0 Å². The number of hydrogen-bond acceptors (Lipinski definition) is 2. The van der Waals surface area contributed by atoms with Crippen molar-refractivity contribution >= 4 is 16.8 Å². The first-order valence-electron chi connectivity index (χ1n) is 7.18. The highest BCUT2D eigenvalue weighted by molar-refractivity contribution is 6.05. The highest BCUT2D eigenvalue weighted by Gasteiger charge is 2.25. The minimum atomic E-state index is 0.118. The van der Waals surface area contributed by atoms with Crippen molar-refractivity contribution in [1.29, 1.82) is 0 Å². The Morgan fingerprint density at radius 2 is 2.05 bits per heavy atom. The molecule has 2 aromatic rings. The van der Waals surface area contributed by atoms with E-state index in [2.05, 4.69) is 16.9 Å². The number of piperidine rings is 1. The minimum absolute atomic E-state index is 0.118. The Balaban J connectivity index is 1.83. The lowest BCUT2D eigenvalue weighted by Crippen LogP contribution is -2.44. The van der Waals surface area contributed by atoms with Crippen molar-refractivity contribution in [3.63, 3.8) is 0 Å². The number of benzene rings is 1. The third kappa shape index (κ3) is 2.31. The molecule has 0 atom stereocenters. The van der Waals surface area contributed by atoms with Gasteiger partial charge in [0.05, 0.1) is 11.1 Å². The lowest BCUT2D eigenvalue weighted by atomic mass is 10.0. The van der Waals surface area contributed by atoms with E-state index in [0.717, 1.165) is 42.4 Å². The number of H-pyrrole nitrogens is 1. The molecule has 1 aliphatic rings. The number of fused-ring (bicyclic) bond motifs is 1. The minimum Gasteiger partial charge on any atom is -0.361 e. The molecule has 0 spiro atoms. The molecule has 0 saturated carbocycles. The van der Waals surface area contributed by atoms with Gasteiger partial charge in [-0.25, -0.2) is 0 Å². The monoisotopic (exact) mass is 271 g/mol. The number of carbonyl (C=O) groups excluding carboxylic acids is 1. The van der Waals surface area contributed by atoms with Crippen LogP contribution in [0.1, 0.15) is 23.2 Å². The van der Waals surface area contributed by atoms with Gasteiger partial charge < -0.3 is 14.8 Å². The molecular weight excluding hydrogens is 250 g/mol. The van der Waals surface area contributed by atoms with Crippen molar-refractivity contribution < 1.29 is 4.79 Å². The van der Waals surface area contributed by atoms with Gasteiger partial charge in [0.1, 0.15) is 0 Å². The molecule has 1 aliphatic heterocycles. The molecule has 4 heteroatoms. The van der Waals surface area contributed by atoms with Gasteiger partial charge in [-0.2, -0.15) is 0 Å². The Hall–Kier alpha value is -1.81. The number of nitrogens with zero attached hydrogens (tertiary/aromatic N) is 2. The summed E-state index contributed by atoms with van der Waals surface area (Å²) in [5.74, 6) is 0.118. The van der Waals surface area contributed by atoms with Crippen LogP contribution < -0.4 is 0 Å². The first-order chi connectivity index (χ1) is 9.66. The number of aromatic amines is 1. The van der Waals surface area contributed by atoms with Crippen molar-refractivity contribution in [1.82, 2.24) is 14.8 Å². The molecule has 1 aromatic carbocycles. The van der Waals surface area contributed by atoms with Crippen molar-refractivity contribution in [2.75, 3.05) is 27.2 Å². The van der Waals surface area contributed by atoms with Crippen LogP contribution in [0.2, 0.25) is 0 Å². The molecule has 0 bridgehead atoms. The zero-order chi connectivity index (χ0) is 14.1. The van der Waals surface area contributed by atoms with E-state index in [1.54, 1.807) is 0 Å². The summed E-state index contributed by atoms with van der Waals surface area (Å²) in [4.78, 5) is 20.1. The van der Waals surface area contributed by atoms with Crippen molar-refractivity contribution in [2.24, 2.45) is 0 Å². The van der Waals surface area contributed by atoms with Crippen LogP contribution in [0.25, 0.3) is 10.9 Å². The molecule has 1 aromatic heterocycles. The zero-order valence-corrected chi connectivity index (χ0v) is 12.1. The zero-order valence-electron chi connectivity index (χ0n) is 12.1. The second-order valence-electron chi connectivity index (χ2n) is 5.70. The SMILES string of the molecule is CN1CCC(N(C)C(=O)c2cccc3cc[nH]c23)CC1. The average molecular weight is 271 g/mol. The summed E-state index contributed by atoms with van der Waals surface area (Å²) in [6.07, 6.45) is 4.00. The molecule has 3 rings (SSSR count). The first kappa shape index (κ1) is 13.2. The second-order valence-corrected chi connectivity index (χ2v) is 5.70. The van der Waals surface area contributed by atoms with Gasteiger partial charge in [-0.15, -0.1) is 0 Å². The van der Waals surface area contributed by atoms with E-state index in [9.17, 15) is 4.79 Å². The molecule has 106 valence electrons. The number of likely N-dealkylation sites (tertiary alicyclic amines) is 1. The van der Waals surface area contributed by atoms with Crippen LogP contribution in [-0.4, -0.2) is 53.9 Å². The lowest BCUT2D eigenvalue weighted by Gasteiger charge is -2.35. The molecule has 1 N–H and O–H groups in total. The Morgan fingerprint density at radius 3 is 2.80 bits per heavy atom. The quantitative estimate of drug-likeness (QED) is 0.910. The van der Waals surface area contributed by atoms with E-state index in [1.165, 1.54) is 0 Å². The molecule has 4 nitrogen and oxygen atoms in total. The van der Waals surface area contributed by atoms with Crippen molar-refractivity contribution in [2.45, 2.75) is 18.9 Å². The van der Waals surface area contributed by atoms with E-state index in [4.69, 9.17) is 0 Å². The number of aromatic nitrogens is 1. The third-order valence-electron chi connectivity index (χ3n) is 4.37. The smallest absolute Gasteiger partial charge is 0.255 e. The fraction of sp³-hybridized carbons (Fsp3) is 0.438. The summed E-state index contributed by atoms with van der Waals surface area (Å²) in [6.45, 7) is 2.13. The second kappa shape index (κ2) is 5.29. The van der Waals surface area contributed by atoms with E-state index in [1.807, 2.05) is 42.4 Å². The molecule has 20 heavy (non-hydrogen) atoms. The van der Waals surface area contributed by atoms with Crippen LogP contribution in [0, 0.1) is 0 Å². The summed E-state index contributed by atoms with van der Waals surface area (Å²) >= 11 is 0. The molecule has 0 radical (unpaired) electrons. The van der Waals surface area contributed by atoms with E-state index in [0.29, 0.717) is 6.04 Å². The first-order valence-corrected chi connectivity index (χ1v) is 7.18. The maximum absolute atomic E-state index is 12.7. The molecule has 0 unspecified atom stereocenters. The van der Waals surface area contributed by atoms with Gasteiger partial charge in [0, 0.05) is 24.7 Å². The Bertz CT molecular complexity index is 611. The Morgan fingerprint density at radius 1 is 1.30 bits per heavy atom. The standard InChI is InChI=1S/C16H21N3O/c1-18-10-7-13(8-11-18)19(2)16(20)14-5-3-4-12-6-9-17-15(12)14/h3-6,9,13,17H,7-8,10-11H2,1-2H3. The molecule has 2 heterocycles. The van der Waals surface area contributed by atoms with Crippen LogP contribution in [0.5, 0.6) is 0 Å². The number of rotatable bonds is 2. The maximum Gasteiger partial charge on any atom is 0.255 e. The number of amides is 1. The average Bonchev–Trinajstić information content (AvgIpc) is 2.95. The van der Waals surface area contributed by atoms with Gasteiger partial charge in [0.15, 0.2) is 0 Å². The summed E-state index contributed by atoms with van der Waals surface area (Å²) in [6, 6.07) is 8.24. The van der Waals surface area contributed by atoms with Crippen LogP contribution >= 0.6 is 0 Å². The third-order valence-corrected chi connectivity index (χ3v) is 4.37. The van der Waals surface area contributed by atoms with Crippen molar-refractivity contribution in [3.05, 3.63) is 36.0 Å². The van der Waals surface area contributed by atoms with Gasteiger partial charge >= 0.3 is 0 Å². The predicted molar refractivity (Wildman–Crippen MR) is 80.9 cm³/mol. The maximum atomic E-state index is 12.7. The largest absolute Gasteiger partial charge is 0.361 e. The molecule has 1 fully saturated rings. The number of carbonyl (C=O) groups is 1. The molecular formula is C16H21N3O. The highest BCUT2D eigenvalue weighted by atomic mass is 16.2. The van der Waals surface area contributed by atoms with Gasteiger partial charge in [-0.3, -0.25) is 4.79 Å². The van der Waals surface area contributed by atoms with Crippen molar-refractivity contribution in [3.8, 4) is 0 Å². The predicted octanol–water partition coefficient (Wildman–Crippen LogP) is 2.33. The van der Waals surface area contributed by atoms with Crippen LogP contribution in [0.3, 0.4) is 0 Å². The summed E-state index contributed by atoms with van der Waals surface area (Å²) in [5.41, 5.74) is 1.71. The molecule has 0 aliphatic carbocycles. The summed E-state index contributed by atoms with van der Waals surface area (Å²) < 4.78 is 0. The number of nitrogens with one attached hydrogen (secondary N) is 1. The normalized spacial score (nSPS) is 17.5. The van der Waals surface area contributed by atoms with Crippen LogP contribution in [0.4, 0.5) is 0 Å². The van der Waals surface area contributed by atoms with E-state index in [-0.39, 0.29) is 5.91 Å². The van der Waals surface area contributed by atoms with Gasteiger partial charge in [0.25, 0.3) is 5.91 Å². The van der Waals surface area contributed by atoms with Gasteiger partial charge in [-0.05, 0) is 45.1 Å². The topological polar surface area (TPSA) is 39.3 Å². The summed E-state index contributed by atoms with van der Waals surface area (Å²) in [5, 5.41) is 1.09. The fourth-order valence-electron chi connectivity index (χ4n) is 3.00. The fourth-order valence-corrected chi connectivity index (χ4v) is 3.00. The van der Waals surface area contributed by atoms with Gasteiger partial charge in [-0.1, -0.05) is 12.1 Å². The highest BCUT2D eigenvalue weighted by Crippen LogP contribution is 2.21. The van der Waals surface area contributed by atoms with Crippen LogP contribution in [-0.2, 0) is 0 Å². The van der Waals surface area contributed by atoms with Gasteiger partial charge in [0.2, 0.25) is 0 Å².